The fourth-order valence-corrected chi connectivity index (χ4v) is 22.5. The van der Waals surface area contributed by atoms with Crippen LogP contribution in [0.4, 0.5) is 0 Å². The highest BCUT2D eigenvalue weighted by molar-refractivity contribution is 6.39. The van der Waals surface area contributed by atoms with E-state index in [1.807, 2.05) is 0 Å². The predicted octanol–water partition coefficient (Wildman–Crippen LogP) is 28.4. The minimum Gasteiger partial charge on any atom is -0.309 e. The SMILES string of the molecule is c1ccc(-n2c3ccccc3c3c4c5cccc6c7cc8c(cc7n(c4ccc32)c65)c2cccc3c4c5c6ccccc6n(-c6ccccc6)c5ccc4n8c23)cc1.c1ccc(-n2c3ccccc3c3ccc4c(c5cccc6c7cc8c(cc7n4c65)c4cccc5c6c7c(ccc6n8c45)c4ccccc4n7-c4ccccc4)c32)cc1. The van der Waals surface area contributed by atoms with Crippen LogP contribution in [0.25, 0.3) is 262 Å². The molecule has 0 aliphatic heterocycles. The Morgan fingerprint density at radius 1 is 0.112 bits per heavy atom. The Bertz CT molecular complexity index is 9020. The van der Waals surface area contributed by atoms with Crippen LogP contribution in [-0.4, -0.2) is 35.9 Å². The van der Waals surface area contributed by atoms with Gasteiger partial charge in [0.1, 0.15) is 0 Å². The third kappa shape index (κ3) is 7.18. The van der Waals surface area contributed by atoms with Gasteiger partial charge in [0.25, 0.3) is 0 Å². The smallest absolute Gasteiger partial charge is 0.0641 e. The van der Waals surface area contributed by atoms with Crippen LogP contribution >= 0.6 is 0 Å². The molecule has 0 aliphatic carbocycles. The highest BCUT2D eigenvalue weighted by atomic mass is 15.0. The van der Waals surface area contributed by atoms with Crippen LogP contribution in [0, 0.1) is 0 Å². The van der Waals surface area contributed by atoms with E-state index in [4.69, 9.17) is 0 Å². The van der Waals surface area contributed by atoms with E-state index in [-0.39, 0.29) is 0 Å². The molecule has 18 aromatic carbocycles. The van der Waals surface area contributed by atoms with Crippen molar-refractivity contribution in [2.75, 3.05) is 0 Å². The molecule has 0 bridgehead atoms. The van der Waals surface area contributed by atoms with Crippen LogP contribution < -0.4 is 0 Å². The molecule has 0 fully saturated rings. The van der Waals surface area contributed by atoms with E-state index in [0.29, 0.717) is 0 Å². The lowest BCUT2D eigenvalue weighted by Crippen LogP contribution is -1.93. The van der Waals surface area contributed by atoms with Crippen molar-refractivity contribution in [2.45, 2.75) is 0 Å². The van der Waals surface area contributed by atoms with Crippen molar-refractivity contribution in [3.05, 3.63) is 364 Å². The predicted molar refractivity (Wildman–Crippen MR) is 489 cm³/mol. The summed E-state index contributed by atoms with van der Waals surface area (Å²) in [5, 5.41) is 31.1. The van der Waals surface area contributed by atoms with Crippen molar-refractivity contribution in [2.24, 2.45) is 0 Å². The maximum absolute atomic E-state index is 2.55. The van der Waals surface area contributed by atoms with Gasteiger partial charge in [0.2, 0.25) is 0 Å². The summed E-state index contributed by atoms with van der Waals surface area (Å²) in [6, 6.07) is 135. The molecule has 0 radical (unpaired) electrons. The third-order valence-electron chi connectivity index (χ3n) is 26.8. The molecule has 30 rings (SSSR count). The van der Waals surface area contributed by atoms with E-state index in [1.54, 1.807) is 0 Å². The molecule has 0 amide bonds. The normalized spacial score (nSPS) is 12.8. The molecule has 116 heavy (non-hydrogen) atoms. The average molecular weight is 1470 g/mol. The first kappa shape index (κ1) is 60.1. The van der Waals surface area contributed by atoms with Gasteiger partial charge in [0.15, 0.2) is 0 Å². The summed E-state index contributed by atoms with van der Waals surface area (Å²) in [6.07, 6.45) is 0. The Morgan fingerprint density at radius 2 is 0.336 bits per heavy atom. The first-order chi connectivity index (χ1) is 57.7. The van der Waals surface area contributed by atoms with Gasteiger partial charge in [0, 0.05) is 152 Å². The molecule has 0 unspecified atom stereocenters. The second-order valence-electron chi connectivity index (χ2n) is 32.1. The molecule has 0 saturated heterocycles. The Kier molecular flexibility index (Phi) is 11.1. The molecule has 12 aromatic heterocycles. The van der Waals surface area contributed by atoms with Crippen LogP contribution in [0.2, 0.25) is 0 Å². The summed E-state index contributed by atoms with van der Waals surface area (Å²) in [5.74, 6) is 0. The molecule has 8 nitrogen and oxygen atoms in total. The lowest BCUT2D eigenvalue weighted by molar-refractivity contribution is 1.18. The maximum Gasteiger partial charge on any atom is 0.0641 e. The molecular weight excluding hydrogens is 1410 g/mol. The zero-order valence-electron chi connectivity index (χ0n) is 62.2. The minimum absolute atomic E-state index is 1.18. The van der Waals surface area contributed by atoms with E-state index in [9.17, 15) is 0 Å². The van der Waals surface area contributed by atoms with Gasteiger partial charge >= 0.3 is 0 Å². The fraction of sp³-hybridized carbons (Fsp3) is 0. The Labute approximate surface area is 657 Å². The van der Waals surface area contributed by atoms with Crippen LogP contribution in [0.3, 0.4) is 0 Å². The fourth-order valence-electron chi connectivity index (χ4n) is 22.5. The zero-order chi connectivity index (χ0) is 74.8. The van der Waals surface area contributed by atoms with Crippen molar-refractivity contribution in [3.8, 4) is 22.7 Å². The first-order valence-electron chi connectivity index (χ1n) is 40.2. The Morgan fingerprint density at radius 3 is 0.672 bits per heavy atom. The van der Waals surface area contributed by atoms with E-state index < -0.39 is 0 Å². The van der Waals surface area contributed by atoms with Gasteiger partial charge in [-0.3, -0.25) is 0 Å². The van der Waals surface area contributed by atoms with Crippen LogP contribution in [0.5, 0.6) is 0 Å². The third-order valence-corrected chi connectivity index (χ3v) is 26.8. The van der Waals surface area contributed by atoms with Crippen molar-refractivity contribution in [3.63, 3.8) is 0 Å². The summed E-state index contributed by atoms with van der Waals surface area (Å²) >= 11 is 0. The van der Waals surface area contributed by atoms with Gasteiger partial charge in [-0.1, -0.05) is 231 Å². The quantitative estimate of drug-likeness (QED) is 0.168. The van der Waals surface area contributed by atoms with Crippen LogP contribution in [-0.2, 0) is 0 Å². The average Bonchev–Trinajstić information content (AvgIpc) is 1.51. The topological polar surface area (TPSA) is 37.4 Å². The van der Waals surface area contributed by atoms with Crippen LogP contribution in [0.15, 0.2) is 364 Å². The van der Waals surface area contributed by atoms with E-state index in [1.165, 1.54) is 262 Å². The molecule has 30 aromatic rings. The number of hydrogen-bond acceptors (Lipinski definition) is 0. The van der Waals surface area contributed by atoms with Gasteiger partial charge in [0.05, 0.1) is 110 Å². The maximum atomic E-state index is 2.55. The number of rotatable bonds is 4. The number of aromatic nitrogens is 8. The van der Waals surface area contributed by atoms with Gasteiger partial charge in [-0.2, -0.15) is 0 Å². The van der Waals surface area contributed by atoms with E-state index in [2.05, 4.69) is 400 Å². The van der Waals surface area contributed by atoms with E-state index in [0.717, 1.165) is 0 Å². The summed E-state index contributed by atoms with van der Waals surface area (Å²) in [4.78, 5) is 0. The van der Waals surface area contributed by atoms with Crippen molar-refractivity contribution >= 4 is 240 Å². The standard InChI is InChI=1S/2C54H30N4/c1-3-13-31(14-4-1)55-41-23-9-7-17-35(41)49-43(55)25-27-45-51(49)37-21-11-19-33-39-30-48-40(29-47(39)57(45)53(33)37)34-20-12-22-38-52-46(58(48)54(34)38)28-26-44-50(52)36-18-8-10-24-42(36)56(44)32-15-5-2-6-16-32;1-3-13-31(14-4-1)55-43-23-9-7-17-33(43)37-25-27-45-49(53(37)55)39-21-11-19-35-41-30-48-42(29-47(41)57(45)51(35)39)36-20-12-22-40-50-46(58(48)52(36)40)28-26-38-34-18-8-10-24-44(34)56(54(38)50)32-15-5-2-6-16-32/h2*1-30H. The van der Waals surface area contributed by atoms with Gasteiger partial charge < -0.3 is 35.9 Å². The summed E-state index contributed by atoms with van der Waals surface area (Å²) in [7, 11) is 0. The minimum atomic E-state index is 1.18. The number of nitrogens with zero attached hydrogens (tertiary/aromatic N) is 8. The zero-order valence-corrected chi connectivity index (χ0v) is 62.2. The number of benzene rings is 18. The summed E-state index contributed by atoms with van der Waals surface area (Å²) < 4.78 is 20.0. The molecule has 0 N–H and O–H groups in total. The lowest BCUT2D eigenvalue weighted by atomic mass is 10.0. The van der Waals surface area contributed by atoms with Crippen molar-refractivity contribution in [1.29, 1.82) is 0 Å². The Hall–Kier alpha value is -15.6. The highest BCUT2D eigenvalue weighted by Gasteiger charge is 2.31. The number of para-hydroxylation sites is 12. The second-order valence-corrected chi connectivity index (χ2v) is 32.1. The van der Waals surface area contributed by atoms with Crippen molar-refractivity contribution in [1.82, 2.24) is 35.9 Å². The van der Waals surface area contributed by atoms with Crippen LogP contribution in [0.1, 0.15) is 0 Å². The van der Waals surface area contributed by atoms with Gasteiger partial charge in [-0.25, -0.2) is 0 Å². The molecule has 0 spiro atoms. The Balaban J connectivity index is 0.000000119. The van der Waals surface area contributed by atoms with E-state index >= 15 is 0 Å². The monoisotopic (exact) mass is 1470 g/mol. The molecule has 532 valence electrons. The molecular formula is C108H60N8. The largest absolute Gasteiger partial charge is 0.309 e. The molecule has 0 saturated carbocycles. The number of fused-ring (bicyclic) bond motifs is 40. The first-order valence-corrected chi connectivity index (χ1v) is 40.2. The summed E-state index contributed by atoms with van der Waals surface area (Å²) in [5.41, 5.74) is 29.8. The van der Waals surface area contributed by atoms with Gasteiger partial charge in [-0.05, 0) is 133 Å². The second kappa shape index (κ2) is 21.3. The lowest BCUT2D eigenvalue weighted by Gasteiger charge is -2.09. The highest BCUT2D eigenvalue weighted by Crippen LogP contribution is 2.53. The summed E-state index contributed by atoms with van der Waals surface area (Å²) in [6.45, 7) is 0. The number of hydrogen-bond donors (Lipinski definition) is 0. The molecule has 12 heterocycles. The molecule has 8 heteroatoms. The van der Waals surface area contributed by atoms with Crippen molar-refractivity contribution < 1.29 is 0 Å². The van der Waals surface area contributed by atoms with Gasteiger partial charge in [-0.15, -0.1) is 0 Å². The molecule has 0 atom stereocenters. The molecule has 0 aliphatic rings.